The number of nitrogens with two attached hydrogens (primary N) is 1. The molecule has 0 saturated carbocycles. The molecule has 0 amide bonds. The minimum Gasteiger partial charge on any atom is -0.490 e. The van der Waals surface area contributed by atoms with E-state index in [0.717, 1.165) is 19.3 Å². The number of ketones is 1. The molecular weight excluding hydrogens is 178 g/mol. The van der Waals surface area contributed by atoms with Crippen LogP contribution in [0.15, 0.2) is 11.8 Å². The highest BCUT2D eigenvalue weighted by Gasteiger charge is 2.15. The normalized spacial score (nSPS) is 17.4. The Kier molecular flexibility index (Phi) is 4.66. The Balaban J connectivity index is 2.20. The third-order valence-corrected chi connectivity index (χ3v) is 2.50. The zero-order chi connectivity index (χ0) is 10.4. The van der Waals surface area contributed by atoms with Gasteiger partial charge >= 0.3 is 0 Å². The molecule has 80 valence electrons. The molecule has 0 aromatic carbocycles. The lowest BCUT2D eigenvalue weighted by Crippen LogP contribution is -2.09. The van der Waals surface area contributed by atoms with Crippen LogP contribution in [-0.4, -0.2) is 18.9 Å². The smallest absolute Gasteiger partial charge is 0.197 e. The average molecular weight is 197 g/mol. The molecule has 0 aliphatic carbocycles. The van der Waals surface area contributed by atoms with E-state index in [1.165, 1.54) is 0 Å². The van der Waals surface area contributed by atoms with Crippen LogP contribution in [0.1, 0.15) is 32.6 Å². The Labute approximate surface area is 85.3 Å². The highest BCUT2D eigenvalue weighted by atomic mass is 16.5. The first kappa shape index (κ1) is 11.2. The van der Waals surface area contributed by atoms with Gasteiger partial charge in [-0.25, -0.2) is 0 Å². The summed E-state index contributed by atoms with van der Waals surface area (Å²) in [4.78, 5) is 11.5. The fourth-order valence-electron chi connectivity index (χ4n) is 1.54. The predicted molar refractivity (Wildman–Crippen MR) is 55.7 cm³/mol. The molecule has 0 fully saturated rings. The number of hydrogen-bond donors (Lipinski definition) is 1. The van der Waals surface area contributed by atoms with Crippen LogP contribution >= 0.6 is 0 Å². The Bertz CT molecular complexity index is 223. The second kappa shape index (κ2) is 5.81. The van der Waals surface area contributed by atoms with E-state index in [0.29, 0.717) is 31.2 Å². The molecule has 0 aromatic rings. The van der Waals surface area contributed by atoms with E-state index in [1.54, 1.807) is 0 Å². The standard InChI is InChI=1S/C11H19NO2/c1-9(6-7-12)4-5-10(13)11-3-2-8-14-11/h3,9H,2,4-8,12H2,1H3. The summed E-state index contributed by atoms with van der Waals surface area (Å²) in [7, 11) is 0. The third kappa shape index (κ3) is 3.50. The van der Waals surface area contributed by atoms with E-state index in [-0.39, 0.29) is 5.78 Å². The van der Waals surface area contributed by atoms with Crippen molar-refractivity contribution < 1.29 is 9.53 Å². The molecule has 0 bridgehead atoms. The molecular formula is C11H19NO2. The van der Waals surface area contributed by atoms with Gasteiger partial charge in [0.25, 0.3) is 0 Å². The molecule has 2 N–H and O–H groups in total. The zero-order valence-corrected chi connectivity index (χ0v) is 8.79. The lowest BCUT2D eigenvalue weighted by atomic mass is 10.00. The topological polar surface area (TPSA) is 52.3 Å². The summed E-state index contributed by atoms with van der Waals surface area (Å²) in [6.07, 6.45) is 5.26. The minimum absolute atomic E-state index is 0.145. The monoisotopic (exact) mass is 197 g/mol. The molecule has 0 aromatic heterocycles. The third-order valence-electron chi connectivity index (χ3n) is 2.50. The van der Waals surface area contributed by atoms with Crippen molar-refractivity contribution in [2.24, 2.45) is 11.7 Å². The number of rotatable bonds is 6. The number of carbonyl (C=O) groups is 1. The molecule has 1 unspecified atom stereocenters. The minimum atomic E-state index is 0.145. The van der Waals surface area contributed by atoms with Gasteiger partial charge in [-0.3, -0.25) is 4.79 Å². The van der Waals surface area contributed by atoms with E-state index in [2.05, 4.69) is 6.92 Å². The van der Waals surface area contributed by atoms with Crippen molar-refractivity contribution in [2.75, 3.05) is 13.2 Å². The number of Topliss-reactive ketones (excluding diaryl/α,β-unsaturated/α-hetero) is 1. The largest absolute Gasteiger partial charge is 0.490 e. The first-order chi connectivity index (χ1) is 6.74. The van der Waals surface area contributed by atoms with Crippen LogP contribution in [-0.2, 0) is 9.53 Å². The lowest BCUT2D eigenvalue weighted by molar-refractivity contribution is -0.118. The highest BCUT2D eigenvalue weighted by Crippen LogP contribution is 2.16. The van der Waals surface area contributed by atoms with Crippen molar-refractivity contribution >= 4 is 5.78 Å². The van der Waals surface area contributed by atoms with Gasteiger partial charge in [-0.15, -0.1) is 0 Å². The van der Waals surface area contributed by atoms with Gasteiger partial charge in [0.2, 0.25) is 0 Å². The summed E-state index contributed by atoms with van der Waals surface area (Å²) in [5.41, 5.74) is 5.44. The number of allylic oxidation sites excluding steroid dienone is 1. The molecule has 1 atom stereocenters. The Morgan fingerprint density at radius 3 is 3.00 bits per heavy atom. The van der Waals surface area contributed by atoms with Crippen LogP contribution in [0.4, 0.5) is 0 Å². The highest BCUT2D eigenvalue weighted by molar-refractivity contribution is 5.93. The van der Waals surface area contributed by atoms with Crippen LogP contribution in [0.3, 0.4) is 0 Å². The maximum Gasteiger partial charge on any atom is 0.197 e. The van der Waals surface area contributed by atoms with Crippen molar-refractivity contribution in [3.63, 3.8) is 0 Å². The van der Waals surface area contributed by atoms with Gasteiger partial charge in [0, 0.05) is 12.8 Å². The van der Waals surface area contributed by atoms with Crippen LogP contribution < -0.4 is 5.73 Å². The Morgan fingerprint density at radius 1 is 1.64 bits per heavy atom. The quantitative estimate of drug-likeness (QED) is 0.704. The second-order valence-electron chi connectivity index (χ2n) is 3.85. The van der Waals surface area contributed by atoms with Crippen molar-refractivity contribution in [1.29, 1.82) is 0 Å². The second-order valence-corrected chi connectivity index (χ2v) is 3.85. The van der Waals surface area contributed by atoms with E-state index in [9.17, 15) is 4.79 Å². The predicted octanol–water partition coefficient (Wildman–Crippen LogP) is 1.62. The lowest BCUT2D eigenvalue weighted by Gasteiger charge is -2.08. The van der Waals surface area contributed by atoms with E-state index < -0.39 is 0 Å². The van der Waals surface area contributed by atoms with E-state index in [4.69, 9.17) is 10.5 Å². The fourth-order valence-corrected chi connectivity index (χ4v) is 1.54. The van der Waals surface area contributed by atoms with Gasteiger partial charge < -0.3 is 10.5 Å². The van der Waals surface area contributed by atoms with Crippen LogP contribution in [0, 0.1) is 5.92 Å². The summed E-state index contributed by atoms with van der Waals surface area (Å²) in [5, 5.41) is 0. The molecule has 0 radical (unpaired) electrons. The molecule has 3 nitrogen and oxygen atoms in total. The molecule has 3 heteroatoms. The fraction of sp³-hybridized carbons (Fsp3) is 0.727. The molecule has 1 rings (SSSR count). The summed E-state index contributed by atoms with van der Waals surface area (Å²) in [6.45, 7) is 3.50. The molecule has 14 heavy (non-hydrogen) atoms. The van der Waals surface area contributed by atoms with Crippen molar-refractivity contribution in [3.8, 4) is 0 Å². The Hall–Kier alpha value is -0.830. The SMILES string of the molecule is CC(CCN)CCC(=O)C1=CCCO1. The summed E-state index contributed by atoms with van der Waals surface area (Å²) >= 11 is 0. The molecule has 0 spiro atoms. The summed E-state index contributed by atoms with van der Waals surface area (Å²) in [5.74, 6) is 1.25. The van der Waals surface area contributed by atoms with Crippen LogP contribution in [0.2, 0.25) is 0 Å². The molecule has 1 aliphatic heterocycles. The van der Waals surface area contributed by atoms with E-state index >= 15 is 0 Å². The first-order valence-electron chi connectivity index (χ1n) is 5.30. The number of hydrogen-bond acceptors (Lipinski definition) is 3. The van der Waals surface area contributed by atoms with Gasteiger partial charge in [-0.1, -0.05) is 6.92 Å². The maximum atomic E-state index is 11.5. The summed E-state index contributed by atoms with van der Waals surface area (Å²) in [6, 6.07) is 0. The van der Waals surface area contributed by atoms with Crippen molar-refractivity contribution in [2.45, 2.75) is 32.6 Å². The molecule has 1 aliphatic rings. The van der Waals surface area contributed by atoms with Crippen molar-refractivity contribution in [1.82, 2.24) is 0 Å². The first-order valence-corrected chi connectivity index (χ1v) is 5.30. The zero-order valence-electron chi connectivity index (χ0n) is 8.79. The molecule has 0 saturated heterocycles. The van der Waals surface area contributed by atoms with Crippen molar-refractivity contribution in [3.05, 3.63) is 11.8 Å². The van der Waals surface area contributed by atoms with Crippen LogP contribution in [0.5, 0.6) is 0 Å². The van der Waals surface area contributed by atoms with Gasteiger partial charge in [0.15, 0.2) is 11.5 Å². The molecule has 1 heterocycles. The van der Waals surface area contributed by atoms with Gasteiger partial charge in [-0.2, -0.15) is 0 Å². The van der Waals surface area contributed by atoms with Gasteiger partial charge in [-0.05, 0) is 31.4 Å². The average Bonchev–Trinajstić information content (AvgIpc) is 2.67. The van der Waals surface area contributed by atoms with Gasteiger partial charge in [0.05, 0.1) is 6.61 Å². The van der Waals surface area contributed by atoms with Crippen LogP contribution in [0.25, 0.3) is 0 Å². The number of carbonyl (C=O) groups excluding carboxylic acids is 1. The Morgan fingerprint density at radius 2 is 2.43 bits per heavy atom. The maximum absolute atomic E-state index is 11.5. The van der Waals surface area contributed by atoms with Gasteiger partial charge in [0.1, 0.15) is 0 Å². The van der Waals surface area contributed by atoms with E-state index in [1.807, 2.05) is 6.08 Å². The summed E-state index contributed by atoms with van der Waals surface area (Å²) < 4.78 is 5.19. The number of ether oxygens (including phenoxy) is 1.